The van der Waals surface area contributed by atoms with Crippen molar-refractivity contribution in [2.75, 3.05) is 12.4 Å². The van der Waals surface area contributed by atoms with E-state index in [1.807, 2.05) is 63.2 Å². The smallest absolute Gasteiger partial charge is 0.255 e. The standard InChI is InChI=1S/C24H25NO3/c1-16-6-5-7-22(13-16)28-15-20-14-19(8-9-23(20)27-4)24(26)25-21-11-17(2)10-18(3)12-21/h5-14H,15H2,1-4H3,(H,25,26). The van der Waals surface area contributed by atoms with Crippen LogP contribution in [0.25, 0.3) is 0 Å². The zero-order chi connectivity index (χ0) is 20.1. The Morgan fingerprint density at radius 3 is 2.32 bits per heavy atom. The number of carbonyl (C=O) groups is 1. The van der Waals surface area contributed by atoms with Crippen molar-refractivity contribution in [1.29, 1.82) is 0 Å². The number of rotatable bonds is 6. The molecule has 0 fully saturated rings. The summed E-state index contributed by atoms with van der Waals surface area (Å²) in [7, 11) is 1.61. The minimum atomic E-state index is -0.163. The number of aryl methyl sites for hydroxylation is 3. The molecule has 144 valence electrons. The second-order valence-electron chi connectivity index (χ2n) is 6.96. The summed E-state index contributed by atoms with van der Waals surface area (Å²) in [6.45, 7) is 6.36. The lowest BCUT2D eigenvalue weighted by Crippen LogP contribution is -2.13. The molecular formula is C24H25NO3. The third-order valence-electron chi connectivity index (χ3n) is 4.41. The van der Waals surface area contributed by atoms with Crippen LogP contribution in [0.4, 0.5) is 5.69 Å². The zero-order valence-electron chi connectivity index (χ0n) is 16.7. The fourth-order valence-electron chi connectivity index (χ4n) is 3.15. The Hall–Kier alpha value is -3.27. The molecule has 0 aliphatic carbocycles. The van der Waals surface area contributed by atoms with Gasteiger partial charge in [0.1, 0.15) is 18.1 Å². The molecule has 0 aliphatic rings. The molecule has 0 saturated carbocycles. The molecule has 0 unspecified atom stereocenters. The van der Waals surface area contributed by atoms with E-state index in [0.29, 0.717) is 17.9 Å². The first-order chi connectivity index (χ1) is 13.4. The Morgan fingerprint density at radius 2 is 1.64 bits per heavy atom. The number of amides is 1. The molecule has 0 radical (unpaired) electrons. The van der Waals surface area contributed by atoms with Gasteiger partial charge in [-0.2, -0.15) is 0 Å². The maximum atomic E-state index is 12.7. The summed E-state index contributed by atoms with van der Waals surface area (Å²) < 4.78 is 11.3. The van der Waals surface area contributed by atoms with Gasteiger partial charge in [-0.25, -0.2) is 0 Å². The molecule has 3 aromatic carbocycles. The summed E-state index contributed by atoms with van der Waals surface area (Å²) >= 11 is 0. The first-order valence-electron chi connectivity index (χ1n) is 9.20. The Morgan fingerprint density at radius 1 is 0.893 bits per heavy atom. The average Bonchev–Trinajstić information content (AvgIpc) is 2.65. The third kappa shape index (κ3) is 4.92. The summed E-state index contributed by atoms with van der Waals surface area (Å²) in [4.78, 5) is 12.7. The van der Waals surface area contributed by atoms with Crippen LogP contribution in [-0.2, 0) is 6.61 Å². The Bertz CT molecular complexity index is 975. The second kappa shape index (κ2) is 8.61. The molecular weight excluding hydrogens is 350 g/mol. The maximum Gasteiger partial charge on any atom is 0.255 e. The van der Waals surface area contributed by atoms with Crippen molar-refractivity contribution in [2.45, 2.75) is 27.4 Å². The predicted molar refractivity (Wildman–Crippen MR) is 112 cm³/mol. The van der Waals surface area contributed by atoms with Crippen molar-refractivity contribution < 1.29 is 14.3 Å². The van der Waals surface area contributed by atoms with E-state index in [-0.39, 0.29) is 5.91 Å². The quantitative estimate of drug-likeness (QED) is 0.623. The topological polar surface area (TPSA) is 47.6 Å². The Kier molecular flexibility index (Phi) is 5.99. The minimum absolute atomic E-state index is 0.163. The van der Waals surface area contributed by atoms with Gasteiger partial charge in [-0.05, 0) is 79.9 Å². The van der Waals surface area contributed by atoms with Crippen molar-refractivity contribution in [2.24, 2.45) is 0 Å². The maximum absolute atomic E-state index is 12.7. The molecule has 4 heteroatoms. The lowest BCUT2D eigenvalue weighted by molar-refractivity contribution is 0.102. The molecule has 0 aliphatic heterocycles. The van der Waals surface area contributed by atoms with Crippen LogP contribution >= 0.6 is 0 Å². The van der Waals surface area contributed by atoms with Crippen molar-refractivity contribution in [1.82, 2.24) is 0 Å². The molecule has 4 nitrogen and oxygen atoms in total. The molecule has 1 amide bonds. The summed E-state index contributed by atoms with van der Waals surface area (Å²) in [5.41, 5.74) is 5.51. The fraction of sp³-hybridized carbons (Fsp3) is 0.208. The van der Waals surface area contributed by atoms with Gasteiger partial charge >= 0.3 is 0 Å². The van der Waals surface area contributed by atoms with Crippen LogP contribution in [0.2, 0.25) is 0 Å². The molecule has 3 rings (SSSR count). The van der Waals surface area contributed by atoms with E-state index in [2.05, 4.69) is 11.4 Å². The molecule has 0 atom stereocenters. The first kappa shape index (κ1) is 19.5. The summed E-state index contributed by atoms with van der Waals surface area (Å²) in [6.07, 6.45) is 0. The molecule has 0 saturated heterocycles. The molecule has 3 aromatic rings. The summed E-state index contributed by atoms with van der Waals surface area (Å²) in [5, 5.41) is 2.97. The highest BCUT2D eigenvalue weighted by Crippen LogP contribution is 2.24. The van der Waals surface area contributed by atoms with Gasteiger partial charge in [0.15, 0.2) is 0 Å². The number of benzene rings is 3. The van der Waals surface area contributed by atoms with E-state index in [1.165, 1.54) is 0 Å². The lowest BCUT2D eigenvalue weighted by Gasteiger charge is -2.13. The number of hydrogen-bond donors (Lipinski definition) is 1. The van der Waals surface area contributed by atoms with Crippen LogP contribution in [0.3, 0.4) is 0 Å². The summed E-state index contributed by atoms with van der Waals surface area (Å²) in [6, 6.07) is 19.2. The van der Waals surface area contributed by atoms with E-state index in [4.69, 9.17) is 9.47 Å². The second-order valence-corrected chi connectivity index (χ2v) is 6.96. The van der Waals surface area contributed by atoms with E-state index < -0.39 is 0 Å². The van der Waals surface area contributed by atoms with Crippen LogP contribution < -0.4 is 14.8 Å². The van der Waals surface area contributed by atoms with Gasteiger partial charge in [-0.3, -0.25) is 4.79 Å². The van der Waals surface area contributed by atoms with Crippen LogP contribution in [0.1, 0.15) is 32.6 Å². The number of methoxy groups -OCH3 is 1. The van der Waals surface area contributed by atoms with Crippen LogP contribution in [0, 0.1) is 20.8 Å². The van der Waals surface area contributed by atoms with E-state index in [9.17, 15) is 4.79 Å². The van der Waals surface area contributed by atoms with Gasteiger partial charge in [-0.15, -0.1) is 0 Å². The number of anilines is 1. The van der Waals surface area contributed by atoms with Crippen molar-refractivity contribution in [3.63, 3.8) is 0 Å². The van der Waals surface area contributed by atoms with E-state index >= 15 is 0 Å². The minimum Gasteiger partial charge on any atom is -0.496 e. The van der Waals surface area contributed by atoms with Crippen molar-refractivity contribution in [3.05, 3.63) is 88.5 Å². The van der Waals surface area contributed by atoms with Crippen LogP contribution in [0.5, 0.6) is 11.5 Å². The first-order valence-corrected chi connectivity index (χ1v) is 9.20. The monoisotopic (exact) mass is 375 g/mol. The Labute approximate surface area is 166 Å². The number of nitrogens with one attached hydrogen (secondary N) is 1. The molecule has 0 heterocycles. The largest absolute Gasteiger partial charge is 0.496 e. The lowest BCUT2D eigenvalue weighted by atomic mass is 10.1. The van der Waals surface area contributed by atoms with Gasteiger partial charge in [0, 0.05) is 16.8 Å². The Balaban J connectivity index is 1.78. The molecule has 0 spiro atoms. The molecule has 0 aromatic heterocycles. The molecule has 0 bridgehead atoms. The van der Waals surface area contributed by atoms with E-state index in [1.54, 1.807) is 19.2 Å². The van der Waals surface area contributed by atoms with E-state index in [0.717, 1.165) is 33.7 Å². The van der Waals surface area contributed by atoms with Gasteiger partial charge < -0.3 is 14.8 Å². The van der Waals surface area contributed by atoms with Gasteiger partial charge in [0.25, 0.3) is 5.91 Å². The molecule has 28 heavy (non-hydrogen) atoms. The normalized spacial score (nSPS) is 10.4. The van der Waals surface area contributed by atoms with Crippen molar-refractivity contribution in [3.8, 4) is 11.5 Å². The highest BCUT2D eigenvalue weighted by Gasteiger charge is 2.12. The summed E-state index contributed by atoms with van der Waals surface area (Å²) in [5.74, 6) is 1.31. The number of carbonyl (C=O) groups excluding carboxylic acids is 1. The van der Waals surface area contributed by atoms with Gasteiger partial charge in [0.05, 0.1) is 7.11 Å². The average molecular weight is 375 g/mol. The van der Waals surface area contributed by atoms with Gasteiger partial charge in [-0.1, -0.05) is 18.2 Å². The number of ether oxygens (including phenoxy) is 2. The zero-order valence-corrected chi connectivity index (χ0v) is 16.7. The third-order valence-corrected chi connectivity index (χ3v) is 4.41. The van der Waals surface area contributed by atoms with Gasteiger partial charge in [0.2, 0.25) is 0 Å². The molecule has 1 N–H and O–H groups in total. The van der Waals surface area contributed by atoms with Crippen LogP contribution in [-0.4, -0.2) is 13.0 Å². The highest BCUT2D eigenvalue weighted by molar-refractivity contribution is 6.04. The predicted octanol–water partition coefficient (Wildman–Crippen LogP) is 5.45. The number of hydrogen-bond acceptors (Lipinski definition) is 3. The highest BCUT2D eigenvalue weighted by atomic mass is 16.5. The van der Waals surface area contributed by atoms with Crippen molar-refractivity contribution >= 4 is 11.6 Å². The fourth-order valence-corrected chi connectivity index (χ4v) is 3.15. The van der Waals surface area contributed by atoms with Crippen LogP contribution in [0.15, 0.2) is 60.7 Å². The SMILES string of the molecule is COc1ccc(C(=O)Nc2cc(C)cc(C)c2)cc1COc1cccc(C)c1.